The van der Waals surface area contributed by atoms with Crippen LogP contribution in [0, 0.1) is 5.92 Å². The second kappa shape index (κ2) is 11.6. The minimum Gasteiger partial charge on any atom is -0.403 e. The Morgan fingerprint density at radius 1 is 0.886 bits per heavy atom. The summed E-state index contributed by atoms with van der Waals surface area (Å²) >= 11 is 0. The highest BCUT2D eigenvalue weighted by atomic mass is 16.7. The highest BCUT2D eigenvalue weighted by molar-refractivity contribution is 6.61. The molecule has 0 unspecified atom stereocenters. The SMILES string of the molecule is CC(C)CB1OC(C)(C)C(C)(C)O1.CCCn1nccc1B1OC(C)(C)C(C)(C)O1.c1cn[nH]c1. The fourth-order valence-electron chi connectivity index (χ4n) is 3.57. The fourth-order valence-corrected chi connectivity index (χ4v) is 3.57. The lowest BCUT2D eigenvalue weighted by atomic mass is 9.79. The molecule has 2 aliphatic heterocycles. The van der Waals surface area contributed by atoms with Gasteiger partial charge in [-0.1, -0.05) is 20.8 Å². The molecule has 0 saturated carbocycles. The largest absolute Gasteiger partial charge is 0.514 e. The summed E-state index contributed by atoms with van der Waals surface area (Å²) in [6.45, 7) is 24.0. The summed E-state index contributed by atoms with van der Waals surface area (Å²) in [4.78, 5) is 0. The maximum atomic E-state index is 6.01. The molecule has 2 saturated heterocycles. The molecule has 35 heavy (non-hydrogen) atoms. The van der Waals surface area contributed by atoms with Gasteiger partial charge in [-0.3, -0.25) is 9.78 Å². The molecule has 4 heterocycles. The van der Waals surface area contributed by atoms with Crippen LogP contribution in [-0.2, 0) is 25.2 Å². The van der Waals surface area contributed by atoms with Gasteiger partial charge in [0, 0.05) is 25.1 Å². The maximum absolute atomic E-state index is 6.01. The molecule has 1 N–H and O–H groups in total. The summed E-state index contributed by atoms with van der Waals surface area (Å²) in [5.41, 5.74) is 0.0716. The van der Waals surface area contributed by atoms with Gasteiger partial charge in [0.25, 0.3) is 0 Å². The lowest BCUT2D eigenvalue weighted by Crippen LogP contribution is -2.41. The van der Waals surface area contributed by atoms with Crippen LogP contribution in [0.2, 0.25) is 6.32 Å². The van der Waals surface area contributed by atoms with E-state index < -0.39 is 0 Å². The van der Waals surface area contributed by atoms with E-state index in [9.17, 15) is 0 Å². The number of hydrogen-bond acceptors (Lipinski definition) is 6. The van der Waals surface area contributed by atoms with Gasteiger partial charge in [-0.05, 0) is 86.2 Å². The van der Waals surface area contributed by atoms with Crippen molar-refractivity contribution in [2.24, 2.45) is 5.92 Å². The molecule has 0 bridgehead atoms. The molecule has 0 aromatic carbocycles. The Bertz CT molecular complexity index is 833. The van der Waals surface area contributed by atoms with E-state index in [1.54, 1.807) is 18.6 Å². The van der Waals surface area contributed by atoms with Crippen molar-refractivity contribution in [1.29, 1.82) is 0 Å². The first-order valence-electron chi connectivity index (χ1n) is 12.8. The Morgan fingerprint density at radius 3 is 1.83 bits per heavy atom. The number of H-pyrrole nitrogens is 1. The topological polar surface area (TPSA) is 83.4 Å². The number of aromatic amines is 1. The minimum absolute atomic E-state index is 0.0231. The summed E-state index contributed by atoms with van der Waals surface area (Å²) < 4.78 is 25.7. The third-order valence-electron chi connectivity index (χ3n) is 7.05. The number of nitrogens with zero attached hydrogens (tertiary/aromatic N) is 3. The zero-order valence-electron chi connectivity index (χ0n) is 23.7. The van der Waals surface area contributed by atoms with Crippen molar-refractivity contribution in [3.8, 4) is 0 Å². The van der Waals surface area contributed by atoms with Crippen molar-refractivity contribution < 1.29 is 18.6 Å². The third kappa shape index (κ3) is 7.68. The van der Waals surface area contributed by atoms with Crippen molar-refractivity contribution in [2.75, 3.05) is 0 Å². The normalized spacial score (nSPS) is 21.4. The summed E-state index contributed by atoms with van der Waals surface area (Å²) in [6.07, 6.45) is 7.29. The van der Waals surface area contributed by atoms with E-state index in [0.717, 1.165) is 24.9 Å². The fraction of sp³-hybridized carbons (Fsp3) is 0.760. The maximum Gasteiger partial charge on any atom is 0.514 e. The quantitative estimate of drug-likeness (QED) is 0.613. The summed E-state index contributed by atoms with van der Waals surface area (Å²) in [5.74, 6) is 0.620. The molecule has 2 aliphatic rings. The predicted octanol–water partition coefficient (Wildman–Crippen LogP) is 4.74. The molecule has 2 aromatic rings. The lowest BCUT2D eigenvalue weighted by Gasteiger charge is -2.32. The van der Waals surface area contributed by atoms with E-state index in [0.29, 0.717) is 5.92 Å². The second-order valence-electron chi connectivity index (χ2n) is 11.6. The summed E-state index contributed by atoms with van der Waals surface area (Å²) in [7, 11) is -0.334. The standard InChI is InChI=1S/C12H21BN2O2.C10H21BO2.C3H4N2/c1-6-9-15-10(7-8-14-15)13-16-11(2,3)12(4,5)17-13;1-8(2)7-11-12-9(3,4)10(5,6)13-11;1-2-4-5-3-1/h7-8H,6,9H2,1-5H3;8H,7H2,1-6H3;1-3H,(H,4,5). The van der Waals surface area contributed by atoms with Crippen LogP contribution < -0.4 is 5.59 Å². The van der Waals surface area contributed by atoms with Crippen LogP contribution in [0.15, 0.2) is 30.7 Å². The first-order valence-corrected chi connectivity index (χ1v) is 12.8. The van der Waals surface area contributed by atoms with Crippen molar-refractivity contribution in [1.82, 2.24) is 20.0 Å². The van der Waals surface area contributed by atoms with Crippen LogP contribution in [0.5, 0.6) is 0 Å². The molecular weight excluding hydrogens is 442 g/mol. The van der Waals surface area contributed by atoms with Gasteiger partial charge in [-0.2, -0.15) is 10.2 Å². The Kier molecular flexibility index (Phi) is 9.84. The zero-order valence-corrected chi connectivity index (χ0v) is 23.7. The van der Waals surface area contributed by atoms with Gasteiger partial charge in [0.2, 0.25) is 0 Å². The molecule has 2 fully saturated rings. The van der Waals surface area contributed by atoms with Gasteiger partial charge in [0.05, 0.1) is 28.0 Å². The molecule has 196 valence electrons. The monoisotopic (exact) mass is 488 g/mol. The van der Waals surface area contributed by atoms with Crippen molar-refractivity contribution in [3.63, 3.8) is 0 Å². The van der Waals surface area contributed by atoms with Crippen LogP contribution >= 0.6 is 0 Å². The zero-order chi connectivity index (χ0) is 26.5. The Balaban J connectivity index is 0.000000211. The van der Waals surface area contributed by atoms with Crippen LogP contribution in [0.1, 0.15) is 82.6 Å². The molecule has 8 nitrogen and oxygen atoms in total. The van der Waals surface area contributed by atoms with Crippen LogP contribution in [-0.4, -0.2) is 56.6 Å². The average Bonchev–Trinajstić information content (AvgIpc) is 3.46. The summed E-state index contributed by atoms with van der Waals surface area (Å²) in [6, 6.07) is 3.80. The molecule has 4 rings (SSSR count). The molecule has 0 radical (unpaired) electrons. The first kappa shape index (κ1) is 29.6. The molecule has 10 heteroatoms. The number of nitrogens with one attached hydrogen (secondary N) is 1. The van der Waals surface area contributed by atoms with Crippen LogP contribution in [0.25, 0.3) is 0 Å². The number of rotatable bonds is 5. The average molecular weight is 488 g/mol. The summed E-state index contributed by atoms with van der Waals surface area (Å²) in [5, 5.41) is 10.5. The van der Waals surface area contributed by atoms with Gasteiger partial charge < -0.3 is 18.6 Å². The minimum atomic E-state index is -0.311. The van der Waals surface area contributed by atoms with E-state index >= 15 is 0 Å². The number of aromatic nitrogens is 4. The smallest absolute Gasteiger partial charge is 0.403 e. The predicted molar refractivity (Wildman–Crippen MR) is 143 cm³/mol. The van der Waals surface area contributed by atoms with Crippen LogP contribution in [0.3, 0.4) is 0 Å². The molecule has 2 aromatic heterocycles. The van der Waals surface area contributed by atoms with E-state index in [-0.39, 0.29) is 36.6 Å². The third-order valence-corrected chi connectivity index (χ3v) is 7.05. The van der Waals surface area contributed by atoms with E-state index in [4.69, 9.17) is 18.6 Å². The first-order chi connectivity index (χ1) is 16.1. The highest BCUT2D eigenvalue weighted by Crippen LogP contribution is 2.38. The highest BCUT2D eigenvalue weighted by Gasteiger charge is 2.53. The van der Waals surface area contributed by atoms with Gasteiger partial charge >= 0.3 is 14.2 Å². The molecule has 0 amide bonds. The van der Waals surface area contributed by atoms with Gasteiger partial charge in [0.1, 0.15) is 0 Å². The van der Waals surface area contributed by atoms with E-state index in [1.807, 2.05) is 16.8 Å². The molecule has 0 atom stereocenters. The Hall–Kier alpha value is -1.61. The van der Waals surface area contributed by atoms with Crippen LogP contribution in [0.4, 0.5) is 0 Å². The van der Waals surface area contributed by atoms with Gasteiger partial charge in [-0.15, -0.1) is 0 Å². The van der Waals surface area contributed by atoms with Crippen molar-refractivity contribution in [2.45, 2.75) is 118 Å². The van der Waals surface area contributed by atoms with Crippen molar-refractivity contribution in [3.05, 3.63) is 30.7 Å². The number of hydrogen-bond donors (Lipinski definition) is 1. The lowest BCUT2D eigenvalue weighted by molar-refractivity contribution is 0.00578. The molecular formula is C25H46B2N4O4. The Morgan fingerprint density at radius 2 is 1.43 bits per heavy atom. The second-order valence-corrected chi connectivity index (χ2v) is 11.6. The molecule has 0 spiro atoms. The van der Waals surface area contributed by atoms with Gasteiger partial charge in [0.15, 0.2) is 0 Å². The molecule has 0 aliphatic carbocycles. The van der Waals surface area contributed by atoms with Crippen molar-refractivity contribution >= 4 is 19.8 Å². The Labute approximate surface area is 213 Å². The number of aryl methyl sites for hydroxylation is 1. The van der Waals surface area contributed by atoms with Gasteiger partial charge in [-0.25, -0.2) is 0 Å². The van der Waals surface area contributed by atoms with E-state index in [1.165, 1.54) is 0 Å². The van der Waals surface area contributed by atoms with E-state index in [2.05, 4.69) is 91.5 Å².